The molecule has 3 aromatic carbocycles. The molecule has 0 saturated carbocycles. The molecule has 2 amide bonds. The third kappa shape index (κ3) is 8.93. The minimum absolute atomic E-state index is 0.148. The number of amides is 2. The lowest BCUT2D eigenvalue weighted by Gasteiger charge is -2.34. The molecule has 0 bridgehead atoms. The number of aryl methyl sites for hydroxylation is 2. The number of carbonyl (C=O) groups is 2. The molecule has 1 atom stereocenters. The van der Waals surface area contributed by atoms with Gasteiger partial charge in [-0.15, -0.1) is 0 Å². The Bertz CT molecular complexity index is 1400. The second kappa shape index (κ2) is 14.5. The number of benzene rings is 3. The summed E-state index contributed by atoms with van der Waals surface area (Å²) in [7, 11) is -3.81. The van der Waals surface area contributed by atoms with Crippen molar-refractivity contribution < 1.29 is 18.0 Å². The number of rotatable bonds is 13. The lowest BCUT2D eigenvalue weighted by atomic mass is 10.0. The Hall–Kier alpha value is -3.17. The average Bonchev–Trinajstić information content (AvgIpc) is 2.91. The number of nitrogens with one attached hydrogen (secondary N) is 1. The first-order valence-electron chi connectivity index (χ1n) is 13.4. The van der Waals surface area contributed by atoms with E-state index in [-0.39, 0.29) is 12.5 Å². The molecule has 214 valence electrons. The number of sulfonamides is 1. The van der Waals surface area contributed by atoms with Crippen molar-refractivity contribution in [2.24, 2.45) is 0 Å². The quantitative estimate of drug-likeness (QED) is 0.258. The van der Waals surface area contributed by atoms with Gasteiger partial charge in [0.05, 0.1) is 11.9 Å². The van der Waals surface area contributed by atoms with Crippen LogP contribution < -0.4 is 9.62 Å². The zero-order chi connectivity index (χ0) is 29.3. The van der Waals surface area contributed by atoms with Gasteiger partial charge >= 0.3 is 0 Å². The fraction of sp³-hybridized carbons (Fsp3) is 0.355. The minimum Gasteiger partial charge on any atom is -0.354 e. The Morgan fingerprint density at radius 3 is 2.25 bits per heavy atom. The van der Waals surface area contributed by atoms with E-state index < -0.39 is 28.5 Å². The molecule has 3 aromatic rings. The van der Waals surface area contributed by atoms with Crippen LogP contribution in [0.3, 0.4) is 0 Å². The molecule has 0 fully saturated rings. The van der Waals surface area contributed by atoms with Gasteiger partial charge in [-0.25, -0.2) is 8.42 Å². The summed E-state index contributed by atoms with van der Waals surface area (Å²) in [5, 5.41) is 2.99. The number of hydrogen-bond donors (Lipinski definition) is 1. The number of hydrogen-bond acceptors (Lipinski definition) is 4. The Morgan fingerprint density at radius 2 is 1.62 bits per heavy atom. The van der Waals surface area contributed by atoms with E-state index in [9.17, 15) is 18.0 Å². The molecule has 0 spiro atoms. The van der Waals surface area contributed by atoms with Crippen LogP contribution in [0, 0.1) is 13.8 Å². The highest BCUT2D eigenvalue weighted by atomic mass is 79.9. The van der Waals surface area contributed by atoms with Crippen LogP contribution in [0.25, 0.3) is 0 Å². The van der Waals surface area contributed by atoms with Crippen LogP contribution in [-0.2, 0) is 32.6 Å². The maximum atomic E-state index is 14.1. The maximum absolute atomic E-state index is 14.1. The molecule has 3 rings (SSSR count). The topological polar surface area (TPSA) is 86.8 Å². The standard InChI is InChI=1S/C31H38BrN3O4S/c1-5-6-18-33-31(37)29(20-25-10-8-7-9-11-25)34(21-26-14-16-27(32)17-15-26)30(36)22-35(40(4,38)39)28-19-23(2)12-13-24(28)3/h7-17,19,29H,5-6,18,20-22H2,1-4H3,(H,33,37). The fourth-order valence-electron chi connectivity index (χ4n) is 4.43. The summed E-state index contributed by atoms with van der Waals surface area (Å²) < 4.78 is 28.0. The van der Waals surface area contributed by atoms with Crippen molar-refractivity contribution in [1.29, 1.82) is 0 Å². The summed E-state index contributed by atoms with van der Waals surface area (Å²) in [5.74, 6) is -0.721. The van der Waals surface area contributed by atoms with Crippen molar-refractivity contribution >= 4 is 43.5 Å². The molecule has 40 heavy (non-hydrogen) atoms. The highest BCUT2D eigenvalue weighted by Gasteiger charge is 2.33. The van der Waals surface area contributed by atoms with Crippen LogP contribution >= 0.6 is 15.9 Å². The number of nitrogens with zero attached hydrogens (tertiary/aromatic N) is 2. The molecule has 7 nitrogen and oxygen atoms in total. The largest absolute Gasteiger partial charge is 0.354 e. The van der Waals surface area contributed by atoms with E-state index in [4.69, 9.17) is 0 Å². The van der Waals surface area contributed by atoms with Crippen molar-refractivity contribution in [3.63, 3.8) is 0 Å². The average molecular weight is 629 g/mol. The van der Waals surface area contributed by atoms with Gasteiger partial charge in [-0.2, -0.15) is 0 Å². The zero-order valence-corrected chi connectivity index (χ0v) is 26.0. The molecule has 1 unspecified atom stereocenters. The van der Waals surface area contributed by atoms with E-state index in [1.165, 1.54) is 4.90 Å². The first-order chi connectivity index (χ1) is 19.0. The summed E-state index contributed by atoms with van der Waals surface area (Å²) in [6, 6.07) is 21.7. The summed E-state index contributed by atoms with van der Waals surface area (Å²) in [6.07, 6.45) is 3.13. The van der Waals surface area contributed by atoms with Crippen molar-refractivity contribution in [3.8, 4) is 0 Å². The monoisotopic (exact) mass is 627 g/mol. The summed E-state index contributed by atoms with van der Waals surface area (Å²) >= 11 is 3.45. The number of halogens is 1. The van der Waals surface area contributed by atoms with Crippen LogP contribution in [0.5, 0.6) is 0 Å². The lowest BCUT2D eigenvalue weighted by molar-refractivity contribution is -0.140. The zero-order valence-electron chi connectivity index (χ0n) is 23.6. The van der Waals surface area contributed by atoms with Crippen LogP contribution in [-0.4, -0.2) is 50.5 Å². The van der Waals surface area contributed by atoms with E-state index in [2.05, 4.69) is 21.2 Å². The number of anilines is 1. The van der Waals surface area contributed by atoms with E-state index >= 15 is 0 Å². The molecular weight excluding hydrogens is 590 g/mol. The van der Waals surface area contributed by atoms with Crippen LogP contribution in [0.1, 0.15) is 42.0 Å². The van der Waals surface area contributed by atoms with Gasteiger partial charge < -0.3 is 10.2 Å². The van der Waals surface area contributed by atoms with Gasteiger partial charge in [0.15, 0.2) is 0 Å². The molecule has 0 aliphatic rings. The van der Waals surface area contributed by atoms with Gasteiger partial charge in [-0.1, -0.05) is 83.9 Å². The Kier molecular flexibility index (Phi) is 11.3. The molecule has 0 heterocycles. The minimum atomic E-state index is -3.81. The second-order valence-corrected chi connectivity index (χ2v) is 12.9. The number of unbranched alkanes of at least 4 members (excludes halogenated alkanes) is 1. The first-order valence-corrected chi connectivity index (χ1v) is 16.0. The van der Waals surface area contributed by atoms with E-state index in [1.54, 1.807) is 6.07 Å². The van der Waals surface area contributed by atoms with Crippen LogP contribution in [0.4, 0.5) is 5.69 Å². The van der Waals surface area contributed by atoms with Gasteiger partial charge in [0.25, 0.3) is 0 Å². The molecule has 0 saturated heterocycles. The van der Waals surface area contributed by atoms with Crippen molar-refractivity contribution in [2.75, 3.05) is 23.7 Å². The molecule has 0 aromatic heterocycles. The Balaban J connectivity index is 2.05. The van der Waals surface area contributed by atoms with Crippen LogP contribution in [0.2, 0.25) is 0 Å². The van der Waals surface area contributed by atoms with Gasteiger partial charge in [-0.05, 0) is 60.7 Å². The van der Waals surface area contributed by atoms with Crippen molar-refractivity contribution in [1.82, 2.24) is 10.2 Å². The van der Waals surface area contributed by atoms with Crippen LogP contribution in [0.15, 0.2) is 77.3 Å². The van der Waals surface area contributed by atoms with Crippen molar-refractivity contribution in [3.05, 3.63) is 99.5 Å². The lowest BCUT2D eigenvalue weighted by Crippen LogP contribution is -2.53. The Morgan fingerprint density at radius 1 is 0.950 bits per heavy atom. The number of carbonyl (C=O) groups excluding carboxylic acids is 2. The molecule has 0 aliphatic carbocycles. The van der Waals surface area contributed by atoms with E-state index in [0.717, 1.165) is 50.1 Å². The smallest absolute Gasteiger partial charge is 0.244 e. The third-order valence-electron chi connectivity index (χ3n) is 6.68. The van der Waals surface area contributed by atoms with Gasteiger partial charge in [0, 0.05) is 24.0 Å². The first kappa shape index (κ1) is 31.4. The molecular formula is C31H38BrN3O4S. The summed E-state index contributed by atoms with van der Waals surface area (Å²) in [5.41, 5.74) is 3.80. The predicted molar refractivity (Wildman–Crippen MR) is 165 cm³/mol. The van der Waals surface area contributed by atoms with Gasteiger partial charge in [0.1, 0.15) is 12.6 Å². The Labute approximate surface area is 246 Å². The third-order valence-corrected chi connectivity index (χ3v) is 8.33. The predicted octanol–water partition coefficient (Wildman–Crippen LogP) is 5.39. The van der Waals surface area contributed by atoms with Crippen molar-refractivity contribution in [2.45, 2.75) is 52.6 Å². The fourth-order valence-corrected chi connectivity index (χ4v) is 5.59. The summed E-state index contributed by atoms with van der Waals surface area (Å²) in [4.78, 5) is 29.3. The molecule has 9 heteroatoms. The highest BCUT2D eigenvalue weighted by molar-refractivity contribution is 9.10. The molecule has 0 radical (unpaired) electrons. The van der Waals surface area contributed by atoms with Gasteiger partial charge in [0.2, 0.25) is 21.8 Å². The van der Waals surface area contributed by atoms with E-state index in [0.29, 0.717) is 18.7 Å². The molecule has 1 N–H and O–H groups in total. The SMILES string of the molecule is CCCCNC(=O)C(Cc1ccccc1)N(Cc1ccc(Br)cc1)C(=O)CN(c1cc(C)ccc1C)S(C)(=O)=O. The second-order valence-electron chi connectivity index (χ2n) is 10.1. The van der Waals surface area contributed by atoms with Gasteiger partial charge in [-0.3, -0.25) is 13.9 Å². The van der Waals surface area contributed by atoms with E-state index in [1.807, 2.05) is 87.5 Å². The highest BCUT2D eigenvalue weighted by Crippen LogP contribution is 2.25. The molecule has 0 aliphatic heterocycles. The maximum Gasteiger partial charge on any atom is 0.244 e. The summed E-state index contributed by atoms with van der Waals surface area (Å²) in [6.45, 7) is 5.96. The normalized spacial score (nSPS) is 12.0.